The molecule has 0 bridgehead atoms. The molecule has 0 aliphatic rings. The van der Waals surface area contributed by atoms with E-state index in [1.165, 1.54) is 0 Å². The van der Waals surface area contributed by atoms with Crippen LogP contribution in [0.3, 0.4) is 0 Å². The Morgan fingerprint density at radius 3 is 1.38 bits per heavy atom. The Morgan fingerprint density at radius 2 is 1.12 bits per heavy atom. The Hall–Kier alpha value is -1.86. The summed E-state index contributed by atoms with van der Waals surface area (Å²) >= 11 is 0. The van der Waals surface area contributed by atoms with E-state index in [-0.39, 0.29) is 12.2 Å². The normalized spacial score (nSPS) is 10.6. The first kappa shape index (κ1) is 14.1. The van der Waals surface area contributed by atoms with E-state index in [1.54, 1.807) is 27.7 Å². The fourth-order valence-electron chi connectivity index (χ4n) is 0.528. The molecule has 0 N–H and O–H groups in total. The molecule has 0 unspecified atom stereocenters. The third-order valence-corrected chi connectivity index (χ3v) is 0.928. The zero-order valence-corrected chi connectivity index (χ0v) is 9.50. The second-order valence-corrected chi connectivity index (χ2v) is 3.18. The number of ether oxygens (including phenoxy) is 2. The Labute approximate surface area is 92.4 Å². The molecule has 0 aliphatic heterocycles. The first-order valence-electron chi connectivity index (χ1n) is 4.57. The third-order valence-electron chi connectivity index (χ3n) is 0.928. The minimum absolute atomic E-state index is 0.338. The van der Waals surface area contributed by atoms with Gasteiger partial charge in [-0.05, 0) is 27.7 Å². The molecule has 16 heavy (non-hydrogen) atoms. The van der Waals surface area contributed by atoms with Gasteiger partial charge in [0.1, 0.15) is 0 Å². The molecule has 0 aromatic carbocycles. The van der Waals surface area contributed by atoms with Crippen molar-refractivity contribution in [2.24, 2.45) is 10.6 Å². The standard InChI is InChI=1S/C8H14N2O6/c1-5(2)13-7(11)15-9-10-16-8(12)14-6(3)4/h5-6H,1-4H3. The lowest BCUT2D eigenvalue weighted by atomic mass is 10.5. The van der Waals surface area contributed by atoms with Gasteiger partial charge in [0.2, 0.25) is 0 Å². The fourth-order valence-corrected chi connectivity index (χ4v) is 0.528. The SMILES string of the molecule is CC(C)OC(=O)ON=NOC(=O)OC(C)C. The van der Waals surface area contributed by atoms with Crippen LogP contribution >= 0.6 is 0 Å². The molecule has 0 spiro atoms. The van der Waals surface area contributed by atoms with Gasteiger partial charge in [-0.25, -0.2) is 9.59 Å². The first-order valence-corrected chi connectivity index (χ1v) is 4.57. The number of hydrogen-bond donors (Lipinski definition) is 0. The molecule has 0 saturated heterocycles. The van der Waals surface area contributed by atoms with Crippen LogP contribution in [0.25, 0.3) is 0 Å². The highest BCUT2D eigenvalue weighted by atomic mass is 16.9. The van der Waals surface area contributed by atoms with E-state index in [2.05, 4.69) is 29.7 Å². The number of carbonyl (C=O) groups is 2. The van der Waals surface area contributed by atoms with E-state index in [4.69, 9.17) is 0 Å². The molecule has 0 aliphatic carbocycles. The summed E-state index contributed by atoms with van der Waals surface area (Å²) in [6, 6.07) is 0. The Morgan fingerprint density at radius 1 is 0.812 bits per heavy atom. The molecule has 0 heterocycles. The van der Waals surface area contributed by atoms with E-state index in [0.717, 1.165) is 0 Å². The van der Waals surface area contributed by atoms with Crippen molar-refractivity contribution in [1.29, 1.82) is 0 Å². The Bertz CT molecular complexity index is 237. The van der Waals surface area contributed by atoms with Crippen molar-refractivity contribution in [3.63, 3.8) is 0 Å². The van der Waals surface area contributed by atoms with Gasteiger partial charge in [0.05, 0.1) is 22.8 Å². The lowest BCUT2D eigenvalue weighted by Gasteiger charge is -2.04. The lowest BCUT2D eigenvalue weighted by molar-refractivity contribution is -0.00128. The molecular formula is C8H14N2O6. The van der Waals surface area contributed by atoms with Crippen molar-refractivity contribution in [3.05, 3.63) is 0 Å². The van der Waals surface area contributed by atoms with E-state index in [1.807, 2.05) is 0 Å². The van der Waals surface area contributed by atoms with Crippen molar-refractivity contribution < 1.29 is 28.7 Å². The van der Waals surface area contributed by atoms with Gasteiger partial charge in [0.15, 0.2) is 0 Å². The van der Waals surface area contributed by atoms with Crippen LogP contribution < -0.4 is 0 Å². The molecule has 8 heteroatoms. The smallest absolute Gasteiger partial charge is 0.430 e. The third kappa shape index (κ3) is 8.73. The van der Waals surface area contributed by atoms with Crippen molar-refractivity contribution in [2.75, 3.05) is 0 Å². The number of carbonyl (C=O) groups excluding carboxylic acids is 2. The highest BCUT2D eigenvalue weighted by molar-refractivity contribution is 5.60. The zero-order chi connectivity index (χ0) is 12.6. The van der Waals surface area contributed by atoms with Crippen LogP contribution in [0, 0.1) is 0 Å². The topological polar surface area (TPSA) is 95.8 Å². The van der Waals surface area contributed by atoms with Crippen LogP contribution in [0.4, 0.5) is 9.59 Å². The minimum Gasteiger partial charge on any atom is -0.430 e. The van der Waals surface area contributed by atoms with Gasteiger partial charge in [-0.3, -0.25) is 9.68 Å². The summed E-state index contributed by atoms with van der Waals surface area (Å²) in [7, 11) is 0. The number of nitrogens with zero attached hydrogens (tertiary/aromatic N) is 2. The van der Waals surface area contributed by atoms with Crippen LogP contribution in [0.5, 0.6) is 0 Å². The van der Waals surface area contributed by atoms with Crippen LogP contribution in [0.1, 0.15) is 27.7 Å². The van der Waals surface area contributed by atoms with E-state index < -0.39 is 12.3 Å². The maximum atomic E-state index is 10.7. The van der Waals surface area contributed by atoms with Gasteiger partial charge in [0.25, 0.3) is 0 Å². The molecule has 0 radical (unpaired) electrons. The molecule has 0 amide bonds. The van der Waals surface area contributed by atoms with E-state index in [0.29, 0.717) is 0 Å². The van der Waals surface area contributed by atoms with Crippen LogP contribution in [-0.2, 0) is 19.1 Å². The molecule has 8 nitrogen and oxygen atoms in total. The Kier molecular flexibility index (Phi) is 6.57. The minimum atomic E-state index is -1.04. The summed E-state index contributed by atoms with van der Waals surface area (Å²) < 4.78 is 9.07. The Balaban J connectivity index is 3.69. The highest BCUT2D eigenvalue weighted by Crippen LogP contribution is 1.96. The molecule has 0 rings (SSSR count). The van der Waals surface area contributed by atoms with Crippen molar-refractivity contribution >= 4 is 12.3 Å². The van der Waals surface area contributed by atoms with Gasteiger partial charge < -0.3 is 9.47 Å². The lowest BCUT2D eigenvalue weighted by Crippen LogP contribution is -2.11. The maximum absolute atomic E-state index is 10.7. The predicted octanol–water partition coefficient (Wildman–Crippen LogP) is 2.39. The predicted molar refractivity (Wildman–Crippen MR) is 50.3 cm³/mol. The molecule has 0 atom stereocenters. The van der Waals surface area contributed by atoms with Gasteiger partial charge in [-0.2, -0.15) is 0 Å². The number of hydrogen-bond acceptors (Lipinski definition) is 8. The molecule has 92 valence electrons. The molecule has 0 fully saturated rings. The number of rotatable bonds is 4. The van der Waals surface area contributed by atoms with Gasteiger partial charge in [-0.15, -0.1) is 0 Å². The van der Waals surface area contributed by atoms with Crippen molar-refractivity contribution in [2.45, 2.75) is 39.9 Å². The second-order valence-electron chi connectivity index (χ2n) is 3.18. The monoisotopic (exact) mass is 234 g/mol. The second kappa shape index (κ2) is 7.43. The van der Waals surface area contributed by atoms with Crippen molar-refractivity contribution in [3.8, 4) is 0 Å². The maximum Gasteiger partial charge on any atom is 0.536 e. The summed E-state index contributed by atoms with van der Waals surface area (Å²) in [5.74, 6) is 0. The average molecular weight is 234 g/mol. The van der Waals surface area contributed by atoms with Crippen molar-refractivity contribution in [1.82, 2.24) is 0 Å². The molecular weight excluding hydrogens is 220 g/mol. The van der Waals surface area contributed by atoms with Crippen LogP contribution in [0.15, 0.2) is 10.6 Å². The summed E-state index contributed by atoms with van der Waals surface area (Å²) in [5, 5.41) is 5.60. The summed E-state index contributed by atoms with van der Waals surface area (Å²) in [6.45, 7) is 6.54. The van der Waals surface area contributed by atoms with Gasteiger partial charge in [0, 0.05) is 0 Å². The summed E-state index contributed by atoms with van der Waals surface area (Å²) in [6.07, 6.45) is -2.76. The summed E-state index contributed by atoms with van der Waals surface area (Å²) in [4.78, 5) is 29.6. The molecule has 0 saturated carbocycles. The van der Waals surface area contributed by atoms with Crippen LogP contribution in [-0.4, -0.2) is 24.5 Å². The largest absolute Gasteiger partial charge is 0.536 e. The van der Waals surface area contributed by atoms with Crippen LogP contribution in [0.2, 0.25) is 0 Å². The zero-order valence-electron chi connectivity index (χ0n) is 9.50. The van der Waals surface area contributed by atoms with E-state index >= 15 is 0 Å². The van der Waals surface area contributed by atoms with Gasteiger partial charge in [-0.1, -0.05) is 0 Å². The van der Waals surface area contributed by atoms with Gasteiger partial charge >= 0.3 is 12.3 Å². The first-order chi connectivity index (χ1) is 7.41. The molecule has 0 aromatic rings. The quantitative estimate of drug-likeness (QED) is 0.421. The average Bonchev–Trinajstić information content (AvgIpc) is 2.10. The fraction of sp³-hybridized carbons (Fsp3) is 0.750. The van der Waals surface area contributed by atoms with E-state index in [9.17, 15) is 9.59 Å². The molecule has 0 aromatic heterocycles. The highest BCUT2D eigenvalue weighted by Gasteiger charge is 2.08. The summed E-state index contributed by atoms with van der Waals surface area (Å²) in [5.41, 5.74) is 0.